The molecule has 3 saturated carbocycles. The van der Waals surface area contributed by atoms with E-state index >= 15 is 0 Å². The first-order valence-electron chi connectivity index (χ1n) is 10.1. The number of hydrogen-bond donors (Lipinski definition) is 4. The summed E-state index contributed by atoms with van der Waals surface area (Å²) >= 11 is 0. The normalized spacial score (nSPS) is 56.6. The van der Waals surface area contributed by atoms with Gasteiger partial charge in [0.25, 0.3) is 0 Å². The van der Waals surface area contributed by atoms with E-state index in [1.807, 2.05) is 13.8 Å². The molecule has 2 bridgehead atoms. The van der Waals surface area contributed by atoms with Gasteiger partial charge >= 0.3 is 5.97 Å². The fourth-order valence-electron chi connectivity index (χ4n) is 7.75. The number of rotatable bonds is 1. The Morgan fingerprint density at radius 2 is 1.89 bits per heavy atom. The molecule has 0 amide bonds. The molecule has 5 aliphatic rings. The number of fused-ring (bicyclic) bond motifs is 1. The maximum Gasteiger partial charge on any atom is 0.320 e. The molecule has 0 aromatic heterocycles. The SMILES string of the molecule is CC1(C)CC[C@@H]2OC(=O)[C@@]34C[C@@H](C[C@H](O)[C@H]3[C@]23CO[C@@H](O)[C@H]13)[C@@](O)(CO)C4=O. The summed E-state index contributed by atoms with van der Waals surface area (Å²) in [6.45, 7) is 3.33. The number of aliphatic hydroxyl groups is 4. The van der Waals surface area contributed by atoms with Gasteiger partial charge in [0.15, 0.2) is 12.1 Å². The van der Waals surface area contributed by atoms with Gasteiger partial charge in [0.2, 0.25) is 0 Å². The highest BCUT2D eigenvalue weighted by atomic mass is 16.6. The van der Waals surface area contributed by atoms with Crippen molar-refractivity contribution < 1.29 is 39.5 Å². The summed E-state index contributed by atoms with van der Waals surface area (Å²) in [6.07, 6.45) is -1.25. The molecule has 8 heteroatoms. The average molecular weight is 396 g/mol. The number of carbonyl (C=O) groups is 2. The molecule has 8 nitrogen and oxygen atoms in total. The quantitative estimate of drug-likeness (QED) is 0.340. The second kappa shape index (κ2) is 5.35. The van der Waals surface area contributed by atoms with E-state index in [4.69, 9.17) is 9.47 Å². The minimum atomic E-state index is -2.06. The first-order valence-corrected chi connectivity index (χ1v) is 10.1. The van der Waals surface area contributed by atoms with Crippen molar-refractivity contribution >= 4 is 11.8 Å². The summed E-state index contributed by atoms with van der Waals surface area (Å²) in [5.41, 5.74) is -5.02. The Hall–Kier alpha value is -1.06. The number of aliphatic hydroxyl groups excluding tert-OH is 3. The summed E-state index contributed by atoms with van der Waals surface area (Å²) in [5.74, 6) is -3.42. The number of ether oxygens (including phenoxy) is 2. The molecule has 2 saturated heterocycles. The molecule has 2 aliphatic heterocycles. The highest BCUT2D eigenvalue weighted by Crippen LogP contribution is 2.71. The summed E-state index contributed by atoms with van der Waals surface area (Å²) in [6, 6.07) is 0. The van der Waals surface area contributed by atoms with Crippen LogP contribution in [0.2, 0.25) is 0 Å². The molecule has 0 unspecified atom stereocenters. The van der Waals surface area contributed by atoms with E-state index in [1.165, 1.54) is 0 Å². The van der Waals surface area contributed by atoms with Crippen LogP contribution in [0, 0.1) is 34.0 Å². The lowest BCUT2D eigenvalue weighted by Gasteiger charge is -2.62. The van der Waals surface area contributed by atoms with E-state index in [9.17, 15) is 30.0 Å². The number of ketones is 1. The predicted octanol–water partition coefficient (Wildman–Crippen LogP) is -0.637. The van der Waals surface area contributed by atoms with Gasteiger partial charge in [-0.3, -0.25) is 9.59 Å². The molecule has 28 heavy (non-hydrogen) atoms. The van der Waals surface area contributed by atoms with Gasteiger partial charge in [-0.1, -0.05) is 13.8 Å². The fraction of sp³-hybridized carbons (Fsp3) is 0.900. The minimum absolute atomic E-state index is 0.0428. The van der Waals surface area contributed by atoms with Crippen LogP contribution in [0.25, 0.3) is 0 Å². The van der Waals surface area contributed by atoms with Crippen LogP contribution in [0.3, 0.4) is 0 Å². The zero-order chi connectivity index (χ0) is 20.3. The van der Waals surface area contributed by atoms with Crippen LogP contribution in [-0.2, 0) is 19.1 Å². The van der Waals surface area contributed by atoms with E-state index in [0.29, 0.717) is 12.8 Å². The van der Waals surface area contributed by atoms with Crippen molar-refractivity contribution in [3.8, 4) is 0 Å². The van der Waals surface area contributed by atoms with E-state index in [1.54, 1.807) is 0 Å². The largest absolute Gasteiger partial charge is 0.461 e. The van der Waals surface area contributed by atoms with Gasteiger partial charge in [-0.2, -0.15) is 0 Å². The van der Waals surface area contributed by atoms with E-state index in [0.717, 1.165) is 0 Å². The van der Waals surface area contributed by atoms with Crippen molar-refractivity contribution in [3.63, 3.8) is 0 Å². The summed E-state index contributed by atoms with van der Waals surface area (Å²) in [7, 11) is 0. The average Bonchev–Trinajstić information content (AvgIpc) is 3.07. The molecule has 3 aliphatic carbocycles. The molecule has 0 aromatic rings. The molecule has 5 fully saturated rings. The molecular weight excluding hydrogens is 368 g/mol. The summed E-state index contributed by atoms with van der Waals surface area (Å²) in [4.78, 5) is 26.6. The Morgan fingerprint density at radius 1 is 1.18 bits per heavy atom. The Labute approximate surface area is 162 Å². The van der Waals surface area contributed by atoms with Crippen LogP contribution in [0.5, 0.6) is 0 Å². The standard InChI is InChI=1S/C20H28O8/c1-17(2)4-3-11-19(8-27-14(23)13(17)19)12-10(22)5-9-6-18(12,16(25)28-11)15(24)20(9,26)7-21/h9-14,21-23,26H,3-8H2,1-2H3/t9-,10+,11+,12-,13-,14-,18+,19+,20+/m1/s1. The zero-order valence-electron chi connectivity index (χ0n) is 16.1. The lowest BCUT2D eigenvalue weighted by molar-refractivity contribution is -0.251. The van der Waals surface area contributed by atoms with E-state index in [2.05, 4.69) is 0 Å². The van der Waals surface area contributed by atoms with Gasteiger partial charge in [0.05, 0.1) is 19.3 Å². The first-order chi connectivity index (χ1) is 13.1. The lowest BCUT2D eigenvalue weighted by atomic mass is 9.43. The number of hydrogen-bond acceptors (Lipinski definition) is 8. The van der Waals surface area contributed by atoms with E-state index < -0.39 is 71.0 Å². The molecule has 156 valence electrons. The molecule has 5 rings (SSSR count). The van der Waals surface area contributed by atoms with Crippen LogP contribution in [0.1, 0.15) is 39.5 Å². The molecule has 0 radical (unpaired) electrons. The maximum atomic E-state index is 13.4. The summed E-state index contributed by atoms with van der Waals surface area (Å²) in [5, 5.41) is 42.6. The fourth-order valence-corrected chi connectivity index (χ4v) is 7.75. The van der Waals surface area contributed by atoms with Gasteiger partial charge in [-0.05, 0) is 31.1 Å². The molecule has 2 spiro atoms. The minimum Gasteiger partial charge on any atom is -0.461 e. The number of Topliss-reactive ketones (excluding diaryl/α,β-unsaturated/α-hetero) is 1. The second-order valence-electron chi connectivity index (χ2n) is 10.3. The topological polar surface area (TPSA) is 134 Å². The number of carbonyl (C=O) groups excluding carboxylic acids is 2. The Kier molecular flexibility index (Phi) is 3.62. The number of esters is 1. The van der Waals surface area contributed by atoms with Gasteiger partial charge in [0.1, 0.15) is 17.1 Å². The van der Waals surface area contributed by atoms with Gasteiger partial charge in [0, 0.05) is 23.2 Å². The van der Waals surface area contributed by atoms with Crippen LogP contribution in [0.15, 0.2) is 0 Å². The van der Waals surface area contributed by atoms with Crippen LogP contribution >= 0.6 is 0 Å². The maximum absolute atomic E-state index is 13.4. The monoisotopic (exact) mass is 396 g/mol. The van der Waals surface area contributed by atoms with E-state index in [-0.39, 0.29) is 24.9 Å². The second-order valence-corrected chi connectivity index (χ2v) is 10.3. The third kappa shape index (κ3) is 1.81. The van der Waals surface area contributed by atoms with Crippen molar-refractivity contribution in [2.45, 2.75) is 63.6 Å². The van der Waals surface area contributed by atoms with Crippen molar-refractivity contribution in [2.75, 3.05) is 13.2 Å². The van der Waals surface area contributed by atoms with Gasteiger partial charge in [-0.15, -0.1) is 0 Å². The highest BCUT2D eigenvalue weighted by Gasteiger charge is 2.82. The van der Waals surface area contributed by atoms with Crippen LogP contribution in [-0.4, -0.2) is 69.5 Å². The Balaban J connectivity index is 1.73. The van der Waals surface area contributed by atoms with Crippen molar-refractivity contribution in [2.24, 2.45) is 34.0 Å². The van der Waals surface area contributed by atoms with Crippen LogP contribution in [0.4, 0.5) is 0 Å². The molecule has 9 atom stereocenters. The lowest BCUT2D eigenvalue weighted by Crippen LogP contribution is -2.71. The first kappa shape index (κ1) is 18.9. The highest BCUT2D eigenvalue weighted by molar-refractivity contribution is 6.11. The third-order valence-electron chi connectivity index (χ3n) is 8.78. The zero-order valence-corrected chi connectivity index (χ0v) is 16.1. The van der Waals surface area contributed by atoms with Gasteiger partial charge in [-0.25, -0.2) is 0 Å². The molecule has 0 aromatic carbocycles. The third-order valence-corrected chi connectivity index (χ3v) is 8.78. The molecule has 2 heterocycles. The smallest absolute Gasteiger partial charge is 0.320 e. The van der Waals surface area contributed by atoms with Crippen molar-refractivity contribution in [1.29, 1.82) is 0 Å². The van der Waals surface area contributed by atoms with Gasteiger partial charge < -0.3 is 29.9 Å². The van der Waals surface area contributed by atoms with Crippen molar-refractivity contribution in [3.05, 3.63) is 0 Å². The predicted molar refractivity (Wildman–Crippen MR) is 92.5 cm³/mol. The summed E-state index contributed by atoms with van der Waals surface area (Å²) < 4.78 is 11.5. The Bertz CT molecular complexity index is 750. The molecular formula is C20H28O8. The molecule has 4 N–H and O–H groups in total. The Morgan fingerprint density at radius 3 is 2.57 bits per heavy atom. The van der Waals surface area contributed by atoms with Crippen LogP contribution < -0.4 is 0 Å². The van der Waals surface area contributed by atoms with Crippen molar-refractivity contribution in [1.82, 2.24) is 0 Å².